The standard InChI is InChI=1S/C27H31N7O4S/c1-16-14-29-25(30-15-16)17(2)18(3)39(35,36)33-27-32-31-26(21-13-20(11-12-28-21)19-9-10-19)34(27)24-22(37-4)7-6-8-23(24)38-5/h6-8,11-15,17-19H,9-10H2,1-5H3,(H,32,33)/t17-,18-/m0/s1. The molecule has 1 fully saturated rings. The predicted octanol–water partition coefficient (Wildman–Crippen LogP) is 4.26. The van der Waals surface area contributed by atoms with Crippen molar-refractivity contribution in [2.75, 3.05) is 18.9 Å². The van der Waals surface area contributed by atoms with Crippen molar-refractivity contribution in [3.05, 3.63) is 65.9 Å². The lowest BCUT2D eigenvalue weighted by Gasteiger charge is -2.21. The van der Waals surface area contributed by atoms with Gasteiger partial charge in [-0.1, -0.05) is 13.0 Å². The summed E-state index contributed by atoms with van der Waals surface area (Å²) < 4.78 is 42.8. The summed E-state index contributed by atoms with van der Waals surface area (Å²) in [5.41, 5.74) is 3.05. The molecule has 0 amide bonds. The zero-order chi connectivity index (χ0) is 27.7. The zero-order valence-corrected chi connectivity index (χ0v) is 23.3. The van der Waals surface area contributed by atoms with Gasteiger partial charge in [-0.3, -0.25) is 14.3 Å². The molecule has 0 spiro atoms. The topological polar surface area (TPSA) is 134 Å². The number of ether oxygens (including phenoxy) is 2. The van der Waals surface area contributed by atoms with E-state index in [4.69, 9.17) is 9.47 Å². The number of benzene rings is 1. The van der Waals surface area contributed by atoms with E-state index in [-0.39, 0.29) is 5.95 Å². The van der Waals surface area contributed by atoms with Gasteiger partial charge < -0.3 is 9.47 Å². The number of nitrogens with one attached hydrogen (secondary N) is 1. The molecule has 1 aliphatic rings. The molecule has 1 aromatic carbocycles. The maximum Gasteiger partial charge on any atom is 0.243 e. The number of aryl methyl sites for hydroxylation is 1. The second-order valence-corrected chi connectivity index (χ2v) is 11.7. The first-order valence-electron chi connectivity index (χ1n) is 12.7. The van der Waals surface area contributed by atoms with E-state index in [0.717, 1.165) is 24.0 Å². The van der Waals surface area contributed by atoms with E-state index in [1.165, 1.54) is 14.2 Å². The number of rotatable bonds is 10. The fourth-order valence-corrected chi connectivity index (χ4v) is 5.59. The van der Waals surface area contributed by atoms with Gasteiger partial charge in [-0.2, -0.15) is 0 Å². The highest BCUT2D eigenvalue weighted by Crippen LogP contribution is 2.42. The molecule has 0 aliphatic heterocycles. The molecule has 0 saturated heterocycles. The second kappa shape index (κ2) is 10.6. The van der Waals surface area contributed by atoms with Crippen molar-refractivity contribution in [1.82, 2.24) is 29.7 Å². The summed E-state index contributed by atoms with van der Waals surface area (Å²) in [6.45, 7) is 5.27. The van der Waals surface area contributed by atoms with Crippen molar-refractivity contribution in [2.45, 2.75) is 50.7 Å². The molecule has 11 nitrogen and oxygen atoms in total. The van der Waals surface area contributed by atoms with E-state index >= 15 is 0 Å². The molecule has 1 N–H and O–H groups in total. The van der Waals surface area contributed by atoms with Gasteiger partial charge in [-0.05, 0) is 68.0 Å². The Morgan fingerprint density at radius 2 is 1.67 bits per heavy atom. The van der Waals surface area contributed by atoms with Gasteiger partial charge in [0.25, 0.3) is 0 Å². The molecular weight excluding hydrogens is 518 g/mol. The first-order valence-corrected chi connectivity index (χ1v) is 14.2. The van der Waals surface area contributed by atoms with Crippen molar-refractivity contribution in [3.8, 4) is 28.7 Å². The zero-order valence-electron chi connectivity index (χ0n) is 22.5. The van der Waals surface area contributed by atoms with Crippen LogP contribution in [0.15, 0.2) is 48.9 Å². The van der Waals surface area contributed by atoms with Crippen LogP contribution in [0, 0.1) is 6.92 Å². The molecule has 12 heteroatoms. The van der Waals surface area contributed by atoms with Crippen LogP contribution in [0.25, 0.3) is 17.2 Å². The molecule has 0 radical (unpaired) electrons. The third kappa shape index (κ3) is 5.29. The summed E-state index contributed by atoms with van der Waals surface area (Å²) >= 11 is 0. The molecule has 0 bridgehead atoms. The van der Waals surface area contributed by atoms with Gasteiger partial charge in [0.05, 0.1) is 19.5 Å². The molecule has 5 rings (SSSR count). The average molecular weight is 550 g/mol. The minimum absolute atomic E-state index is 0.0182. The van der Waals surface area contributed by atoms with Crippen molar-refractivity contribution in [1.29, 1.82) is 0 Å². The summed E-state index contributed by atoms with van der Waals surface area (Å²) in [4.78, 5) is 13.2. The quantitative estimate of drug-likeness (QED) is 0.308. The number of anilines is 1. The van der Waals surface area contributed by atoms with Crippen LogP contribution in [-0.2, 0) is 10.0 Å². The number of para-hydroxylation sites is 1. The number of nitrogens with zero attached hydrogens (tertiary/aromatic N) is 6. The number of aromatic nitrogens is 6. The van der Waals surface area contributed by atoms with E-state index in [9.17, 15) is 8.42 Å². The van der Waals surface area contributed by atoms with Crippen LogP contribution in [0.5, 0.6) is 11.5 Å². The van der Waals surface area contributed by atoms with Gasteiger partial charge in [0.2, 0.25) is 16.0 Å². The van der Waals surface area contributed by atoms with Crippen molar-refractivity contribution in [3.63, 3.8) is 0 Å². The summed E-state index contributed by atoms with van der Waals surface area (Å²) in [7, 11) is -0.914. The number of hydrogen-bond donors (Lipinski definition) is 1. The Kier molecular flexibility index (Phi) is 7.21. The lowest BCUT2D eigenvalue weighted by molar-refractivity contribution is 0.391. The summed E-state index contributed by atoms with van der Waals surface area (Å²) in [6, 6.07) is 9.26. The molecule has 0 unspecified atom stereocenters. The number of pyridine rings is 1. The Bertz CT molecular complexity index is 1560. The van der Waals surface area contributed by atoms with Crippen LogP contribution in [0.4, 0.5) is 5.95 Å². The van der Waals surface area contributed by atoms with Crippen LogP contribution >= 0.6 is 0 Å². The Morgan fingerprint density at radius 3 is 2.28 bits per heavy atom. The third-order valence-electron chi connectivity index (χ3n) is 6.99. The van der Waals surface area contributed by atoms with Gasteiger partial charge in [0, 0.05) is 24.5 Å². The minimum atomic E-state index is -3.98. The smallest absolute Gasteiger partial charge is 0.243 e. The highest BCUT2D eigenvalue weighted by molar-refractivity contribution is 7.93. The number of methoxy groups -OCH3 is 2. The van der Waals surface area contributed by atoms with Crippen LogP contribution < -0.4 is 14.2 Å². The Labute approximate surface area is 227 Å². The van der Waals surface area contributed by atoms with Gasteiger partial charge in [0.15, 0.2) is 5.82 Å². The third-order valence-corrected chi connectivity index (χ3v) is 8.84. The van der Waals surface area contributed by atoms with Crippen LogP contribution in [0.2, 0.25) is 0 Å². The van der Waals surface area contributed by atoms with E-state index in [1.54, 1.807) is 55.2 Å². The Balaban J connectivity index is 1.61. The second-order valence-electron chi connectivity index (χ2n) is 9.70. The van der Waals surface area contributed by atoms with Gasteiger partial charge in [0.1, 0.15) is 28.7 Å². The van der Waals surface area contributed by atoms with Gasteiger partial charge in [-0.15, -0.1) is 10.2 Å². The highest BCUT2D eigenvalue weighted by atomic mass is 32.2. The lowest BCUT2D eigenvalue weighted by atomic mass is 10.1. The summed E-state index contributed by atoms with van der Waals surface area (Å²) in [6.07, 6.45) is 7.33. The predicted molar refractivity (Wildman–Crippen MR) is 147 cm³/mol. The summed E-state index contributed by atoms with van der Waals surface area (Å²) in [5, 5.41) is 7.76. The van der Waals surface area contributed by atoms with E-state index in [1.807, 2.05) is 19.1 Å². The molecule has 39 heavy (non-hydrogen) atoms. The molecule has 2 atom stereocenters. The number of hydrogen-bond acceptors (Lipinski definition) is 9. The average Bonchev–Trinajstić information content (AvgIpc) is 3.73. The van der Waals surface area contributed by atoms with Crippen LogP contribution in [0.1, 0.15) is 55.5 Å². The van der Waals surface area contributed by atoms with Gasteiger partial charge >= 0.3 is 0 Å². The first-order chi connectivity index (χ1) is 18.7. The first kappa shape index (κ1) is 26.5. The molecule has 1 saturated carbocycles. The molecular formula is C27H31N7O4S. The molecule has 3 heterocycles. The minimum Gasteiger partial charge on any atom is -0.494 e. The van der Waals surface area contributed by atoms with Crippen LogP contribution in [0.3, 0.4) is 0 Å². The number of sulfonamides is 1. The van der Waals surface area contributed by atoms with Crippen molar-refractivity contribution < 1.29 is 17.9 Å². The van der Waals surface area contributed by atoms with E-state index in [0.29, 0.717) is 40.4 Å². The Hall–Kier alpha value is -4.06. The molecule has 4 aromatic rings. The lowest BCUT2D eigenvalue weighted by Crippen LogP contribution is -2.31. The maximum absolute atomic E-state index is 13.6. The molecule has 1 aliphatic carbocycles. The van der Waals surface area contributed by atoms with Crippen LogP contribution in [-0.4, -0.2) is 57.6 Å². The van der Waals surface area contributed by atoms with E-state index < -0.39 is 21.2 Å². The molecule has 204 valence electrons. The normalized spacial score (nSPS) is 15.0. The monoisotopic (exact) mass is 549 g/mol. The van der Waals surface area contributed by atoms with Crippen molar-refractivity contribution in [2.24, 2.45) is 0 Å². The van der Waals surface area contributed by atoms with Gasteiger partial charge in [-0.25, -0.2) is 18.4 Å². The highest BCUT2D eigenvalue weighted by Gasteiger charge is 2.33. The fraction of sp³-hybridized carbons (Fsp3) is 0.370. The Morgan fingerprint density at radius 1 is 1.00 bits per heavy atom. The SMILES string of the molecule is COc1cccc(OC)c1-n1c(NS(=O)(=O)[C@@H](C)[C@H](C)c2ncc(C)cn2)nnc1-c1cc(C2CC2)ccn1. The van der Waals surface area contributed by atoms with Crippen molar-refractivity contribution >= 4 is 16.0 Å². The summed E-state index contributed by atoms with van der Waals surface area (Å²) in [5.74, 6) is 1.67. The maximum atomic E-state index is 13.6. The molecule has 3 aromatic heterocycles. The largest absolute Gasteiger partial charge is 0.494 e. The van der Waals surface area contributed by atoms with E-state index in [2.05, 4.69) is 29.9 Å². The fourth-order valence-electron chi connectivity index (χ4n) is 4.36.